The molecule has 1 saturated heterocycles. The molecule has 28 heavy (non-hydrogen) atoms. The molecule has 2 amide bonds. The summed E-state index contributed by atoms with van der Waals surface area (Å²) in [7, 11) is 0. The van der Waals surface area contributed by atoms with Gasteiger partial charge in [0.15, 0.2) is 0 Å². The van der Waals surface area contributed by atoms with Crippen LogP contribution in [0.4, 0.5) is 9.18 Å². The molecule has 2 aliphatic rings. The van der Waals surface area contributed by atoms with Crippen LogP contribution in [0.3, 0.4) is 0 Å². The van der Waals surface area contributed by atoms with Crippen molar-refractivity contribution in [3.8, 4) is 0 Å². The van der Waals surface area contributed by atoms with E-state index < -0.39 is 0 Å². The van der Waals surface area contributed by atoms with Crippen molar-refractivity contribution >= 4 is 12.0 Å². The Morgan fingerprint density at radius 1 is 1.21 bits per heavy atom. The molecule has 0 spiro atoms. The average molecular weight is 389 g/mol. The maximum absolute atomic E-state index is 13.2. The van der Waals surface area contributed by atoms with Crippen LogP contribution in [0.5, 0.6) is 0 Å². The summed E-state index contributed by atoms with van der Waals surface area (Å²) in [6.45, 7) is 7.70. The number of hydrogen-bond donors (Lipinski definition) is 1. The number of carbonyl (C=O) groups is 2. The summed E-state index contributed by atoms with van der Waals surface area (Å²) < 4.78 is 18.3. The molecule has 0 bridgehead atoms. The van der Waals surface area contributed by atoms with Crippen molar-refractivity contribution in [3.63, 3.8) is 0 Å². The number of ether oxygens (including phenoxy) is 1. The zero-order valence-corrected chi connectivity index (χ0v) is 16.7. The van der Waals surface area contributed by atoms with Crippen LogP contribution in [0.15, 0.2) is 35.4 Å². The van der Waals surface area contributed by atoms with Gasteiger partial charge in [0.2, 0.25) is 0 Å². The summed E-state index contributed by atoms with van der Waals surface area (Å²) >= 11 is 0. The lowest BCUT2D eigenvalue weighted by atomic mass is 10.0. The van der Waals surface area contributed by atoms with Gasteiger partial charge in [0, 0.05) is 31.2 Å². The molecule has 0 radical (unpaired) electrons. The summed E-state index contributed by atoms with van der Waals surface area (Å²) in [5.74, 6) is -0.284. The first-order valence-corrected chi connectivity index (χ1v) is 9.81. The highest BCUT2D eigenvalue weighted by molar-refractivity contribution is 5.96. The Balaban J connectivity index is 1.64. The van der Waals surface area contributed by atoms with Crippen LogP contribution >= 0.6 is 0 Å². The third kappa shape index (κ3) is 4.35. The van der Waals surface area contributed by atoms with Crippen LogP contribution < -0.4 is 5.32 Å². The lowest BCUT2D eigenvalue weighted by molar-refractivity contribution is -0.128. The monoisotopic (exact) mass is 389 g/mol. The molecule has 2 heterocycles. The summed E-state index contributed by atoms with van der Waals surface area (Å²) in [5, 5.41) is 3.60. The number of halogens is 1. The van der Waals surface area contributed by atoms with Gasteiger partial charge in [-0.2, -0.15) is 0 Å². The lowest BCUT2D eigenvalue weighted by Crippen LogP contribution is -2.52. The molecule has 1 fully saturated rings. The molecule has 3 rings (SSSR count). The molecule has 1 atom stereocenters. The van der Waals surface area contributed by atoms with E-state index in [0.29, 0.717) is 26.2 Å². The van der Waals surface area contributed by atoms with Gasteiger partial charge in [-0.3, -0.25) is 10.1 Å². The maximum atomic E-state index is 13.2. The van der Waals surface area contributed by atoms with E-state index in [1.54, 1.807) is 28.9 Å². The number of piperidine rings is 1. The van der Waals surface area contributed by atoms with Crippen molar-refractivity contribution < 1.29 is 18.7 Å². The van der Waals surface area contributed by atoms with Crippen molar-refractivity contribution in [2.75, 3.05) is 19.7 Å². The molecule has 0 aromatic heterocycles. The second kappa shape index (κ2) is 8.73. The normalized spacial score (nSPS) is 20.9. The van der Waals surface area contributed by atoms with Crippen LogP contribution in [0.1, 0.15) is 39.2 Å². The molecule has 0 saturated carbocycles. The van der Waals surface area contributed by atoms with Gasteiger partial charge in [-0.15, -0.1) is 0 Å². The Labute approximate surface area is 165 Å². The van der Waals surface area contributed by atoms with Crippen molar-refractivity contribution in [3.05, 3.63) is 46.8 Å². The highest BCUT2D eigenvalue weighted by atomic mass is 19.1. The fourth-order valence-electron chi connectivity index (χ4n) is 3.77. The molecule has 1 N–H and O–H groups in total. The highest BCUT2D eigenvalue weighted by Crippen LogP contribution is 2.27. The molecular weight excluding hydrogens is 361 g/mol. The van der Waals surface area contributed by atoms with Gasteiger partial charge < -0.3 is 14.5 Å². The minimum Gasteiger partial charge on any atom is -0.450 e. The van der Waals surface area contributed by atoms with E-state index in [4.69, 9.17) is 4.74 Å². The molecule has 1 aromatic rings. The van der Waals surface area contributed by atoms with E-state index in [9.17, 15) is 14.0 Å². The second-order valence-corrected chi connectivity index (χ2v) is 7.40. The fraction of sp³-hybridized carbons (Fsp3) is 0.524. The van der Waals surface area contributed by atoms with Crippen LogP contribution in [-0.4, -0.2) is 53.7 Å². The fourth-order valence-corrected chi connectivity index (χ4v) is 3.77. The summed E-state index contributed by atoms with van der Waals surface area (Å²) in [5.41, 5.74) is 2.66. The van der Waals surface area contributed by atoms with Gasteiger partial charge in [-0.1, -0.05) is 12.1 Å². The predicted octanol–water partition coefficient (Wildman–Crippen LogP) is 3.04. The van der Waals surface area contributed by atoms with Crippen LogP contribution in [0, 0.1) is 5.82 Å². The molecule has 0 aliphatic carbocycles. The predicted molar refractivity (Wildman–Crippen MR) is 104 cm³/mol. The maximum Gasteiger partial charge on any atom is 0.409 e. The number of nitrogens with one attached hydrogen (secondary N) is 1. The third-order valence-electron chi connectivity index (χ3n) is 5.58. The van der Waals surface area contributed by atoms with Crippen LogP contribution in [0.2, 0.25) is 0 Å². The van der Waals surface area contributed by atoms with Crippen molar-refractivity contribution in [2.24, 2.45) is 0 Å². The molecule has 7 heteroatoms. The Hall–Kier alpha value is -2.41. The second-order valence-electron chi connectivity index (χ2n) is 7.40. The summed E-state index contributed by atoms with van der Waals surface area (Å²) in [4.78, 5) is 28.1. The van der Waals surface area contributed by atoms with Crippen LogP contribution in [0.25, 0.3) is 0 Å². The molecule has 0 unspecified atom stereocenters. The summed E-state index contributed by atoms with van der Waals surface area (Å²) in [6.07, 6.45) is 1.17. The average Bonchev–Trinajstić information content (AvgIpc) is 2.89. The zero-order valence-electron chi connectivity index (χ0n) is 16.7. The van der Waals surface area contributed by atoms with Gasteiger partial charge in [0.1, 0.15) is 12.0 Å². The summed E-state index contributed by atoms with van der Waals surface area (Å²) in [6, 6.07) is 6.45. The highest BCUT2D eigenvalue weighted by Gasteiger charge is 2.36. The number of amides is 2. The first-order valence-electron chi connectivity index (χ1n) is 9.81. The van der Waals surface area contributed by atoms with E-state index in [1.807, 2.05) is 13.8 Å². The van der Waals surface area contributed by atoms with Gasteiger partial charge in [-0.05, 0) is 56.9 Å². The number of likely N-dealkylation sites (tertiary alicyclic amines) is 1. The van der Waals surface area contributed by atoms with Crippen molar-refractivity contribution in [1.29, 1.82) is 0 Å². The largest absolute Gasteiger partial charge is 0.450 e. The van der Waals surface area contributed by atoms with Crippen molar-refractivity contribution in [2.45, 2.75) is 52.4 Å². The standard InChI is InChI=1S/C21H28FN3O3/c1-4-28-21(27)24-11-9-18(10-12-24)23-19-14(2)15(3)20(26)25(19)13-16-5-7-17(22)8-6-16/h5-8,18-19,23H,4,9-13H2,1-3H3/t19-/m1/s1. The molecule has 152 valence electrons. The Bertz CT molecular complexity index is 755. The van der Waals surface area contributed by atoms with E-state index in [2.05, 4.69) is 5.32 Å². The SMILES string of the molecule is CCOC(=O)N1CCC(N[C@H]2C(C)=C(C)C(=O)N2Cc2ccc(F)cc2)CC1. The zero-order chi connectivity index (χ0) is 20.3. The minimum absolute atomic E-state index is 0.00304. The van der Waals surface area contributed by atoms with Crippen molar-refractivity contribution in [1.82, 2.24) is 15.1 Å². The molecule has 2 aliphatic heterocycles. The van der Waals surface area contributed by atoms with Gasteiger partial charge >= 0.3 is 6.09 Å². The van der Waals surface area contributed by atoms with Gasteiger partial charge in [0.25, 0.3) is 5.91 Å². The first-order chi connectivity index (χ1) is 13.4. The number of nitrogens with zero attached hydrogens (tertiary/aromatic N) is 2. The van der Waals surface area contributed by atoms with E-state index >= 15 is 0 Å². The number of rotatable bonds is 5. The van der Waals surface area contributed by atoms with E-state index in [-0.39, 0.29) is 30.0 Å². The Morgan fingerprint density at radius 3 is 2.46 bits per heavy atom. The first kappa shape index (κ1) is 20.3. The molecule has 6 nitrogen and oxygen atoms in total. The van der Waals surface area contributed by atoms with Crippen LogP contribution in [-0.2, 0) is 16.1 Å². The quantitative estimate of drug-likeness (QED) is 0.841. The lowest BCUT2D eigenvalue weighted by Gasteiger charge is -2.36. The molecule has 1 aromatic carbocycles. The topological polar surface area (TPSA) is 61.9 Å². The number of carbonyl (C=O) groups excluding carboxylic acids is 2. The smallest absolute Gasteiger partial charge is 0.409 e. The third-order valence-corrected chi connectivity index (χ3v) is 5.58. The minimum atomic E-state index is -0.287. The van der Waals surface area contributed by atoms with Gasteiger partial charge in [0.05, 0.1) is 6.61 Å². The Morgan fingerprint density at radius 2 is 1.86 bits per heavy atom. The van der Waals surface area contributed by atoms with E-state index in [1.165, 1.54) is 12.1 Å². The number of hydrogen-bond acceptors (Lipinski definition) is 4. The number of benzene rings is 1. The molecular formula is C21H28FN3O3. The van der Waals surface area contributed by atoms with Gasteiger partial charge in [-0.25, -0.2) is 9.18 Å². The van der Waals surface area contributed by atoms with E-state index in [0.717, 1.165) is 29.6 Å². The Kier molecular flexibility index (Phi) is 6.34.